The molecular formula is C12H27NO. The van der Waals surface area contributed by atoms with Crippen LogP contribution in [0.15, 0.2) is 0 Å². The second kappa shape index (κ2) is 5.72. The first-order valence-electron chi connectivity index (χ1n) is 5.69. The zero-order valence-corrected chi connectivity index (χ0v) is 10.5. The fourth-order valence-corrected chi connectivity index (χ4v) is 1.38. The molecule has 0 rings (SSSR count). The molecule has 0 heterocycles. The Balaban J connectivity index is 3.84. The fraction of sp³-hybridized carbons (Fsp3) is 1.00. The number of aliphatic hydroxyl groups excluding tert-OH is 1. The van der Waals surface area contributed by atoms with E-state index in [1.165, 1.54) is 6.42 Å². The molecule has 0 aliphatic rings. The molecule has 2 nitrogen and oxygen atoms in total. The SMILES string of the molecule is CCC(C)(CCO)NCCC(C)(C)C. The summed E-state index contributed by atoms with van der Waals surface area (Å²) in [5.74, 6) is 0. The quantitative estimate of drug-likeness (QED) is 0.692. The molecule has 0 saturated heterocycles. The average molecular weight is 201 g/mol. The molecule has 0 fully saturated rings. The predicted octanol–water partition coefficient (Wildman–Crippen LogP) is 2.56. The molecule has 0 radical (unpaired) electrons. The van der Waals surface area contributed by atoms with Crippen molar-refractivity contribution in [3.8, 4) is 0 Å². The fourth-order valence-electron chi connectivity index (χ4n) is 1.38. The second-order valence-corrected chi connectivity index (χ2v) is 5.63. The van der Waals surface area contributed by atoms with Crippen molar-refractivity contribution in [1.29, 1.82) is 0 Å². The Morgan fingerprint density at radius 2 is 1.64 bits per heavy atom. The molecule has 2 N–H and O–H groups in total. The van der Waals surface area contributed by atoms with Gasteiger partial charge in [0.15, 0.2) is 0 Å². The highest BCUT2D eigenvalue weighted by Crippen LogP contribution is 2.19. The molecule has 86 valence electrons. The molecule has 0 spiro atoms. The molecule has 2 heteroatoms. The van der Waals surface area contributed by atoms with Gasteiger partial charge >= 0.3 is 0 Å². The largest absolute Gasteiger partial charge is 0.396 e. The van der Waals surface area contributed by atoms with Gasteiger partial charge in [-0.05, 0) is 38.1 Å². The summed E-state index contributed by atoms with van der Waals surface area (Å²) in [5.41, 5.74) is 0.501. The normalized spacial score (nSPS) is 16.7. The number of hydrogen-bond donors (Lipinski definition) is 2. The van der Waals surface area contributed by atoms with Gasteiger partial charge in [-0.25, -0.2) is 0 Å². The number of aliphatic hydroxyl groups is 1. The highest BCUT2D eigenvalue weighted by molar-refractivity contribution is 4.81. The minimum Gasteiger partial charge on any atom is -0.396 e. The van der Waals surface area contributed by atoms with E-state index in [-0.39, 0.29) is 12.1 Å². The minimum atomic E-state index is 0.111. The summed E-state index contributed by atoms with van der Waals surface area (Å²) >= 11 is 0. The third-order valence-corrected chi connectivity index (χ3v) is 2.87. The number of nitrogens with one attached hydrogen (secondary N) is 1. The van der Waals surface area contributed by atoms with Gasteiger partial charge in [-0.1, -0.05) is 27.7 Å². The summed E-state index contributed by atoms with van der Waals surface area (Å²) < 4.78 is 0. The molecule has 1 unspecified atom stereocenters. The molecule has 0 aromatic carbocycles. The van der Waals surface area contributed by atoms with E-state index < -0.39 is 0 Å². The van der Waals surface area contributed by atoms with Gasteiger partial charge in [0.2, 0.25) is 0 Å². The van der Waals surface area contributed by atoms with Crippen molar-refractivity contribution in [3.05, 3.63) is 0 Å². The van der Waals surface area contributed by atoms with Crippen LogP contribution >= 0.6 is 0 Å². The Morgan fingerprint density at radius 1 is 1.07 bits per heavy atom. The van der Waals surface area contributed by atoms with Crippen LogP contribution in [-0.4, -0.2) is 23.8 Å². The summed E-state index contributed by atoms with van der Waals surface area (Å²) in [5, 5.41) is 12.5. The lowest BCUT2D eigenvalue weighted by Crippen LogP contribution is -2.43. The average Bonchev–Trinajstić information content (AvgIpc) is 2.02. The first kappa shape index (κ1) is 13.9. The molecule has 0 bridgehead atoms. The summed E-state index contributed by atoms with van der Waals surface area (Å²) in [7, 11) is 0. The van der Waals surface area contributed by atoms with Crippen LogP contribution in [0.25, 0.3) is 0 Å². The molecule has 0 aliphatic heterocycles. The Bertz CT molecular complexity index is 151. The van der Waals surface area contributed by atoms with E-state index >= 15 is 0 Å². The van der Waals surface area contributed by atoms with E-state index in [0.29, 0.717) is 5.41 Å². The smallest absolute Gasteiger partial charge is 0.0448 e. The van der Waals surface area contributed by atoms with Gasteiger partial charge in [-0.2, -0.15) is 0 Å². The Hall–Kier alpha value is -0.0800. The lowest BCUT2D eigenvalue weighted by atomic mass is 9.90. The third-order valence-electron chi connectivity index (χ3n) is 2.87. The molecule has 0 aromatic rings. The lowest BCUT2D eigenvalue weighted by molar-refractivity contribution is 0.209. The van der Waals surface area contributed by atoms with Gasteiger partial charge in [0.1, 0.15) is 0 Å². The Morgan fingerprint density at radius 3 is 2.00 bits per heavy atom. The van der Waals surface area contributed by atoms with Crippen LogP contribution in [0.4, 0.5) is 0 Å². The van der Waals surface area contributed by atoms with Crippen LogP contribution in [-0.2, 0) is 0 Å². The molecule has 0 aliphatic carbocycles. The van der Waals surface area contributed by atoms with Gasteiger partial charge in [0, 0.05) is 12.1 Å². The van der Waals surface area contributed by atoms with Crippen LogP contribution in [0.3, 0.4) is 0 Å². The molecular weight excluding hydrogens is 174 g/mol. The van der Waals surface area contributed by atoms with Gasteiger partial charge in [0.05, 0.1) is 0 Å². The van der Waals surface area contributed by atoms with E-state index in [0.717, 1.165) is 19.4 Å². The molecule has 14 heavy (non-hydrogen) atoms. The maximum absolute atomic E-state index is 8.95. The van der Waals surface area contributed by atoms with Crippen LogP contribution < -0.4 is 5.32 Å². The summed E-state index contributed by atoms with van der Waals surface area (Å²) in [6, 6.07) is 0. The van der Waals surface area contributed by atoms with Crippen molar-refractivity contribution in [2.75, 3.05) is 13.2 Å². The standard InChI is InChI=1S/C12H27NO/c1-6-12(5,8-10-14)13-9-7-11(2,3)4/h13-14H,6-10H2,1-5H3. The van der Waals surface area contributed by atoms with E-state index in [1.54, 1.807) is 0 Å². The van der Waals surface area contributed by atoms with Gasteiger partial charge < -0.3 is 10.4 Å². The van der Waals surface area contributed by atoms with Crippen molar-refractivity contribution in [2.24, 2.45) is 5.41 Å². The maximum atomic E-state index is 8.95. The minimum absolute atomic E-state index is 0.111. The van der Waals surface area contributed by atoms with Crippen molar-refractivity contribution < 1.29 is 5.11 Å². The summed E-state index contributed by atoms with van der Waals surface area (Å²) in [6.45, 7) is 12.4. The maximum Gasteiger partial charge on any atom is 0.0448 e. The second-order valence-electron chi connectivity index (χ2n) is 5.63. The highest BCUT2D eigenvalue weighted by atomic mass is 16.3. The third kappa shape index (κ3) is 6.39. The first-order chi connectivity index (χ1) is 6.33. The highest BCUT2D eigenvalue weighted by Gasteiger charge is 2.21. The van der Waals surface area contributed by atoms with Gasteiger partial charge in [-0.15, -0.1) is 0 Å². The number of rotatable bonds is 6. The van der Waals surface area contributed by atoms with E-state index in [1.807, 2.05) is 0 Å². The van der Waals surface area contributed by atoms with Crippen molar-refractivity contribution in [2.45, 2.75) is 59.4 Å². The van der Waals surface area contributed by atoms with E-state index in [9.17, 15) is 0 Å². The molecule has 0 aromatic heterocycles. The van der Waals surface area contributed by atoms with Gasteiger partial charge in [-0.3, -0.25) is 0 Å². The van der Waals surface area contributed by atoms with Gasteiger partial charge in [0.25, 0.3) is 0 Å². The Kier molecular flexibility index (Phi) is 5.68. The number of hydrogen-bond acceptors (Lipinski definition) is 2. The lowest BCUT2D eigenvalue weighted by Gasteiger charge is -2.31. The molecule has 1 atom stereocenters. The summed E-state index contributed by atoms with van der Waals surface area (Å²) in [6.07, 6.45) is 3.08. The Labute approximate surface area is 89.1 Å². The first-order valence-corrected chi connectivity index (χ1v) is 5.69. The topological polar surface area (TPSA) is 32.3 Å². The van der Waals surface area contributed by atoms with E-state index in [4.69, 9.17) is 5.11 Å². The summed E-state index contributed by atoms with van der Waals surface area (Å²) in [4.78, 5) is 0. The zero-order valence-electron chi connectivity index (χ0n) is 10.5. The van der Waals surface area contributed by atoms with E-state index in [2.05, 4.69) is 39.9 Å². The van der Waals surface area contributed by atoms with Crippen LogP contribution in [0.2, 0.25) is 0 Å². The predicted molar refractivity (Wildman–Crippen MR) is 62.5 cm³/mol. The van der Waals surface area contributed by atoms with Crippen LogP contribution in [0, 0.1) is 5.41 Å². The zero-order chi connectivity index (χ0) is 11.2. The molecule has 0 saturated carbocycles. The van der Waals surface area contributed by atoms with Crippen LogP contribution in [0.1, 0.15) is 53.9 Å². The monoisotopic (exact) mass is 201 g/mol. The molecule has 0 amide bonds. The van der Waals surface area contributed by atoms with Crippen molar-refractivity contribution >= 4 is 0 Å². The van der Waals surface area contributed by atoms with Crippen LogP contribution in [0.5, 0.6) is 0 Å². The van der Waals surface area contributed by atoms with Crippen molar-refractivity contribution in [1.82, 2.24) is 5.32 Å². The van der Waals surface area contributed by atoms with Crippen molar-refractivity contribution in [3.63, 3.8) is 0 Å².